The number of nitrogens with zero attached hydrogens (tertiary/aromatic N) is 2. The maximum Gasteiger partial charge on any atom is 0.232 e. The van der Waals surface area contributed by atoms with Gasteiger partial charge >= 0.3 is 0 Å². The molecule has 0 radical (unpaired) electrons. The Balaban J connectivity index is 1.70. The molecule has 8 heteroatoms. The van der Waals surface area contributed by atoms with Gasteiger partial charge in [0.1, 0.15) is 0 Å². The zero-order chi connectivity index (χ0) is 22.7. The van der Waals surface area contributed by atoms with Crippen LogP contribution in [0.15, 0.2) is 72.9 Å². The van der Waals surface area contributed by atoms with Crippen molar-refractivity contribution in [3.8, 4) is 11.3 Å². The molecule has 0 aliphatic heterocycles. The van der Waals surface area contributed by atoms with Crippen LogP contribution in [0.1, 0.15) is 29.3 Å². The van der Waals surface area contributed by atoms with Gasteiger partial charge in [-0.3, -0.25) is 14.5 Å². The largest absolute Gasteiger partial charge is 0.288 e. The molecule has 4 aromatic rings. The highest BCUT2D eigenvalue weighted by Gasteiger charge is 2.20. The van der Waals surface area contributed by atoms with E-state index in [0.717, 1.165) is 5.56 Å². The Morgan fingerprint density at radius 3 is 2.53 bits per heavy atom. The fourth-order valence-electron chi connectivity index (χ4n) is 3.33. The first-order valence-electron chi connectivity index (χ1n) is 10.0. The molecule has 4 rings (SSSR count). The fourth-order valence-corrected chi connectivity index (χ4v) is 4.46. The molecule has 0 bridgehead atoms. The second kappa shape index (κ2) is 8.84. The number of halogens is 1. The summed E-state index contributed by atoms with van der Waals surface area (Å²) in [4.78, 5) is 22.0. The predicted octanol–water partition coefficient (Wildman–Crippen LogP) is 4.82. The molecule has 0 aliphatic carbocycles. The van der Waals surface area contributed by atoms with Crippen molar-refractivity contribution >= 4 is 32.5 Å². The number of anilines is 1. The third kappa shape index (κ3) is 4.50. The van der Waals surface area contributed by atoms with E-state index in [1.807, 2.05) is 30.3 Å². The minimum absolute atomic E-state index is 0.141. The molecule has 162 valence electrons. The second-order valence-electron chi connectivity index (χ2n) is 7.24. The fraction of sp³-hybridized carbons (Fsp3) is 0.125. The van der Waals surface area contributed by atoms with Gasteiger partial charge in [0.05, 0.1) is 39.9 Å². The van der Waals surface area contributed by atoms with E-state index in [9.17, 15) is 13.2 Å². The molecule has 0 saturated carbocycles. The third-order valence-corrected chi connectivity index (χ3v) is 6.33. The van der Waals surface area contributed by atoms with Crippen molar-refractivity contribution in [3.05, 3.63) is 89.9 Å². The lowest BCUT2D eigenvalue weighted by atomic mass is 10.0. The van der Waals surface area contributed by atoms with Gasteiger partial charge in [-0.25, -0.2) is 17.8 Å². The minimum atomic E-state index is -3.69. The van der Waals surface area contributed by atoms with Gasteiger partial charge in [-0.1, -0.05) is 43.3 Å². The summed E-state index contributed by atoms with van der Waals surface area (Å²) in [7, 11) is -3.69. The lowest BCUT2D eigenvalue weighted by molar-refractivity contribution is 0.103. The standard InChI is InChI=1S/C24H20FN3O3S/c1-2-13-32(30,31)28-20-10-6-9-18(23(20)25)24(29)17-11-12-19-21(14-17)27-22(15-26-19)16-7-4-3-5-8-16/h3-12,14-15,28H,2,13H2,1H3. The van der Waals surface area contributed by atoms with Gasteiger partial charge < -0.3 is 0 Å². The molecular formula is C24H20FN3O3S. The maximum absolute atomic E-state index is 15.0. The van der Waals surface area contributed by atoms with Gasteiger partial charge in [0.15, 0.2) is 11.6 Å². The molecule has 1 aromatic heterocycles. The number of rotatable bonds is 7. The zero-order valence-corrected chi connectivity index (χ0v) is 18.1. The van der Waals surface area contributed by atoms with E-state index in [4.69, 9.17) is 0 Å². The first kappa shape index (κ1) is 21.6. The van der Waals surface area contributed by atoms with Crippen LogP contribution in [0.4, 0.5) is 10.1 Å². The van der Waals surface area contributed by atoms with Gasteiger partial charge in [-0.05, 0) is 36.8 Å². The van der Waals surface area contributed by atoms with Crippen molar-refractivity contribution in [1.29, 1.82) is 0 Å². The highest BCUT2D eigenvalue weighted by atomic mass is 32.2. The highest BCUT2D eigenvalue weighted by molar-refractivity contribution is 7.92. The van der Waals surface area contributed by atoms with Crippen LogP contribution >= 0.6 is 0 Å². The van der Waals surface area contributed by atoms with E-state index >= 15 is 4.39 Å². The Labute approximate surface area is 185 Å². The van der Waals surface area contributed by atoms with E-state index in [2.05, 4.69) is 14.7 Å². The number of sulfonamides is 1. The molecule has 0 fully saturated rings. The van der Waals surface area contributed by atoms with Crippen LogP contribution in [-0.4, -0.2) is 29.9 Å². The van der Waals surface area contributed by atoms with E-state index in [1.165, 1.54) is 18.2 Å². The lowest BCUT2D eigenvalue weighted by Crippen LogP contribution is -2.18. The number of hydrogen-bond donors (Lipinski definition) is 1. The molecular weight excluding hydrogens is 429 g/mol. The molecule has 3 aromatic carbocycles. The van der Waals surface area contributed by atoms with Crippen LogP contribution in [0.2, 0.25) is 0 Å². The average molecular weight is 450 g/mol. The van der Waals surface area contributed by atoms with Crippen molar-refractivity contribution in [2.24, 2.45) is 0 Å². The minimum Gasteiger partial charge on any atom is -0.288 e. The molecule has 0 atom stereocenters. The quantitative estimate of drug-likeness (QED) is 0.409. The van der Waals surface area contributed by atoms with Crippen molar-refractivity contribution in [1.82, 2.24) is 9.97 Å². The first-order chi connectivity index (χ1) is 15.4. The van der Waals surface area contributed by atoms with Gasteiger partial charge in [-0.15, -0.1) is 0 Å². The zero-order valence-electron chi connectivity index (χ0n) is 17.2. The van der Waals surface area contributed by atoms with Crippen LogP contribution in [-0.2, 0) is 10.0 Å². The van der Waals surface area contributed by atoms with Crippen LogP contribution in [0, 0.1) is 5.82 Å². The number of nitrogens with one attached hydrogen (secondary N) is 1. The molecule has 1 N–H and O–H groups in total. The molecule has 32 heavy (non-hydrogen) atoms. The molecule has 0 amide bonds. The number of carbonyl (C=O) groups is 1. The van der Waals surface area contributed by atoms with Crippen LogP contribution in [0.25, 0.3) is 22.3 Å². The summed E-state index contributed by atoms with van der Waals surface area (Å²) in [6, 6.07) is 18.3. The number of aromatic nitrogens is 2. The normalized spacial score (nSPS) is 11.4. The van der Waals surface area contributed by atoms with Crippen molar-refractivity contribution in [3.63, 3.8) is 0 Å². The van der Waals surface area contributed by atoms with Gasteiger partial charge in [0.25, 0.3) is 0 Å². The van der Waals surface area contributed by atoms with Crippen LogP contribution in [0.5, 0.6) is 0 Å². The monoisotopic (exact) mass is 449 g/mol. The molecule has 0 aliphatic rings. The Hall–Kier alpha value is -3.65. The first-order valence-corrected chi connectivity index (χ1v) is 11.7. The molecule has 0 saturated heterocycles. The lowest BCUT2D eigenvalue weighted by Gasteiger charge is -2.11. The molecule has 6 nitrogen and oxygen atoms in total. The maximum atomic E-state index is 15.0. The Morgan fingerprint density at radius 2 is 1.78 bits per heavy atom. The molecule has 0 unspecified atom stereocenters. The number of fused-ring (bicyclic) bond motifs is 1. The van der Waals surface area contributed by atoms with E-state index in [0.29, 0.717) is 23.1 Å². The molecule has 0 spiro atoms. The Bertz CT molecular complexity index is 1410. The topological polar surface area (TPSA) is 89.0 Å². The number of carbonyl (C=O) groups excluding carboxylic acids is 1. The summed E-state index contributed by atoms with van der Waals surface area (Å²) in [5.74, 6) is -1.63. The summed E-state index contributed by atoms with van der Waals surface area (Å²) in [6.45, 7) is 1.71. The number of hydrogen-bond acceptors (Lipinski definition) is 5. The smallest absolute Gasteiger partial charge is 0.232 e. The van der Waals surface area contributed by atoms with Crippen molar-refractivity contribution in [2.45, 2.75) is 13.3 Å². The number of benzene rings is 3. The second-order valence-corrected chi connectivity index (χ2v) is 9.08. The highest BCUT2D eigenvalue weighted by Crippen LogP contribution is 2.24. The van der Waals surface area contributed by atoms with Gasteiger partial charge in [0.2, 0.25) is 10.0 Å². The van der Waals surface area contributed by atoms with E-state index in [1.54, 1.807) is 31.3 Å². The Morgan fingerprint density at radius 1 is 1.00 bits per heavy atom. The number of ketones is 1. The van der Waals surface area contributed by atoms with E-state index < -0.39 is 21.6 Å². The van der Waals surface area contributed by atoms with Crippen LogP contribution < -0.4 is 4.72 Å². The summed E-state index contributed by atoms with van der Waals surface area (Å²) in [5, 5.41) is 0. The van der Waals surface area contributed by atoms with Crippen molar-refractivity contribution in [2.75, 3.05) is 10.5 Å². The van der Waals surface area contributed by atoms with Crippen molar-refractivity contribution < 1.29 is 17.6 Å². The van der Waals surface area contributed by atoms with Crippen LogP contribution in [0.3, 0.4) is 0 Å². The SMILES string of the molecule is CCCS(=O)(=O)Nc1cccc(C(=O)c2ccc3ncc(-c4ccccc4)nc3c2)c1F. The average Bonchev–Trinajstić information content (AvgIpc) is 2.79. The summed E-state index contributed by atoms with van der Waals surface area (Å²) in [5.41, 5.74) is 2.38. The van der Waals surface area contributed by atoms with Gasteiger partial charge in [-0.2, -0.15) is 0 Å². The summed E-state index contributed by atoms with van der Waals surface area (Å²) >= 11 is 0. The third-order valence-electron chi connectivity index (χ3n) is 4.86. The summed E-state index contributed by atoms with van der Waals surface area (Å²) in [6.07, 6.45) is 2.05. The Kier molecular flexibility index (Phi) is 5.96. The summed E-state index contributed by atoms with van der Waals surface area (Å²) < 4.78 is 41.3. The molecule has 1 heterocycles. The van der Waals surface area contributed by atoms with E-state index in [-0.39, 0.29) is 22.6 Å². The van der Waals surface area contributed by atoms with Gasteiger partial charge in [0, 0.05) is 11.1 Å². The predicted molar refractivity (Wildman–Crippen MR) is 123 cm³/mol.